The molecule has 0 heterocycles. The third kappa shape index (κ3) is 7.96. The van der Waals surface area contributed by atoms with E-state index in [-0.39, 0.29) is 12.3 Å². The number of nitrogens with one attached hydrogen (secondary N) is 1. The second-order valence-corrected chi connectivity index (χ2v) is 5.50. The van der Waals surface area contributed by atoms with Gasteiger partial charge in [-0.25, -0.2) is 4.79 Å². The van der Waals surface area contributed by atoms with Crippen LogP contribution in [0.2, 0.25) is 0 Å². The molecular formula is C14H19N3O5S. The first kappa shape index (κ1) is 18.6. The van der Waals surface area contributed by atoms with Gasteiger partial charge in [0.25, 0.3) is 0 Å². The first-order chi connectivity index (χ1) is 10.9. The van der Waals surface area contributed by atoms with Crippen molar-refractivity contribution in [1.82, 2.24) is 0 Å². The molecule has 0 saturated carbocycles. The van der Waals surface area contributed by atoms with Gasteiger partial charge in [0.1, 0.15) is 5.75 Å². The highest BCUT2D eigenvalue weighted by Gasteiger charge is 2.17. The van der Waals surface area contributed by atoms with Gasteiger partial charge in [-0.1, -0.05) is 12.1 Å². The topological polar surface area (TPSA) is 143 Å². The minimum Gasteiger partial charge on any atom is -0.494 e. The number of amidine groups is 1. The van der Waals surface area contributed by atoms with Crippen LogP contribution < -0.4 is 10.5 Å². The Morgan fingerprint density at radius 1 is 1.30 bits per heavy atom. The number of carboxylic acid groups (broad SMARTS) is 1. The van der Waals surface area contributed by atoms with E-state index < -0.39 is 22.5 Å². The number of nitrogens with zero attached hydrogens (tertiary/aromatic N) is 1. The largest absolute Gasteiger partial charge is 0.494 e. The molecular weight excluding hydrogens is 322 g/mol. The fraction of sp³-hybridized carbons (Fsp3) is 0.429. The first-order valence-electron chi connectivity index (χ1n) is 6.96. The van der Waals surface area contributed by atoms with Crippen LogP contribution in [0.4, 0.5) is 0 Å². The average Bonchev–Trinajstić information content (AvgIpc) is 2.47. The summed E-state index contributed by atoms with van der Waals surface area (Å²) in [5.74, 6) is -0.500. The van der Waals surface area contributed by atoms with Crippen LogP contribution in [0, 0.1) is 5.41 Å². The number of ether oxygens (including phenoxy) is 1. The number of rotatable bonds is 10. The van der Waals surface area contributed by atoms with Gasteiger partial charge in [0.2, 0.25) is 0 Å². The van der Waals surface area contributed by atoms with Gasteiger partial charge in [-0.05, 0) is 30.5 Å². The standard InChI is InChI=1S/C14H19N3O5S/c15-13(16)3-1-2-8-22-11-6-4-10(5-7-11)9-12(14(18)19)17-23(20)21/h4-7,12H,1-3,8-9H2,(H3,15,16)(H,18,19). The molecule has 0 aliphatic rings. The average molecular weight is 341 g/mol. The molecule has 4 N–H and O–H groups in total. The zero-order valence-corrected chi connectivity index (χ0v) is 13.3. The number of unbranched alkanes of at least 4 members (excludes halogenated alkanes) is 1. The quantitative estimate of drug-likeness (QED) is 0.332. The maximum atomic E-state index is 10.9. The molecule has 1 rings (SSSR count). The Labute approximate surface area is 135 Å². The summed E-state index contributed by atoms with van der Waals surface area (Å²) in [5, 5.41) is 16.0. The van der Waals surface area contributed by atoms with E-state index >= 15 is 0 Å². The number of carboxylic acids is 1. The van der Waals surface area contributed by atoms with Crippen LogP contribution in [0.1, 0.15) is 24.8 Å². The molecule has 9 heteroatoms. The van der Waals surface area contributed by atoms with Crippen LogP contribution >= 0.6 is 0 Å². The molecule has 0 amide bonds. The molecule has 1 aromatic rings. The highest BCUT2D eigenvalue weighted by molar-refractivity contribution is 7.61. The van der Waals surface area contributed by atoms with E-state index in [0.717, 1.165) is 12.8 Å². The lowest BCUT2D eigenvalue weighted by Crippen LogP contribution is -2.20. The maximum absolute atomic E-state index is 10.9. The highest BCUT2D eigenvalue weighted by atomic mass is 32.2. The zero-order chi connectivity index (χ0) is 17.2. The van der Waals surface area contributed by atoms with Gasteiger partial charge in [-0.15, -0.1) is 0 Å². The molecule has 0 fully saturated rings. The van der Waals surface area contributed by atoms with Crippen molar-refractivity contribution in [2.75, 3.05) is 6.61 Å². The summed E-state index contributed by atoms with van der Waals surface area (Å²) >= 11 is 0. The third-order valence-corrected chi connectivity index (χ3v) is 3.39. The van der Waals surface area contributed by atoms with Crippen LogP contribution in [0.3, 0.4) is 0 Å². The number of hydrogen-bond acceptors (Lipinski definition) is 6. The van der Waals surface area contributed by atoms with Crippen molar-refractivity contribution in [3.05, 3.63) is 29.8 Å². The predicted octanol–water partition coefficient (Wildman–Crippen LogP) is 1.23. The Hall–Kier alpha value is -2.42. The maximum Gasteiger partial charge on any atom is 0.330 e. The van der Waals surface area contributed by atoms with Crippen LogP contribution in [-0.4, -0.2) is 38.0 Å². The van der Waals surface area contributed by atoms with E-state index in [1.165, 1.54) is 0 Å². The first-order valence-corrected chi connectivity index (χ1v) is 7.99. The summed E-state index contributed by atoms with van der Waals surface area (Å²) in [6, 6.07) is 5.39. The summed E-state index contributed by atoms with van der Waals surface area (Å²) in [6.07, 6.45) is 2.09. The zero-order valence-electron chi connectivity index (χ0n) is 12.4. The van der Waals surface area contributed by atoms with Crippen LogP contribution in [0.15, 0.2) is 28.6 Å². The minimum atomic E-state index is -2.76. The molecule has 0 aromatic heterocycles. The molecule has 0 aliphatic carbocycles. The van der Waals surface area contributed by atoms with Crippen LogP contribution in [0.5, 0.6) is 5.75 Å². The van der Waals surface area contributed by atoms with Gasteiger partial charge in [0.05, 0.1) is 12.4 Å². The molecule has 0 saturated heterocycles. The van der Waals surface area contributed by atoms with Crippen LogP contribution in [0.25, 0.3) is 0 Å². The highest BCUT2D eigenvalue weighted by Crippen LogP contribution is 2.15. The summed E-state index contributed by atoms with van der Waals surface area (Å²) < 4.78 is 29.6. The van der Waals surface area contributed by atoms with E-state index in [1.807, 2.05) is 0 Å². The van der Waals surface area contributed by atoms with Crippen molar-refractivity contribution in [2.45, 2.75) is 31.7 Å². The Morgan fingerprint density at radius 2 is 1.96 bits per heavy atom. The molecule has 23 heavy (non-hydrogen) atoms. The van der Waals surface area contributed by atoms with E-state index in [9.17, 15) is 13.2 Å². The van der Waals surface area contributed by atoms with E-state index in [0.29, 0.717) is 24.3 Å². The monoisotopic (exact) mass is 341 g/mol. The lowest BCUT2D eigenvalue weighted by molar-refractivity contribution is -0.138. The summed E-state index contributed by atoms with van der Waals surface area (Å²) in [5.41, 5.74) is 5.90. The van der Waals surface area contributed by atoms with Crippen molar-refractivity contribution in [2.24, 2.45) is 10.1 Å². The van der Waals surface area contributed by atoms with Gasteiger partial charge in [0.15, 0.2) is 6.04 Å². The Kier molecular flexibility index (Phi) is 7.75. The molecule has 1 unspecified atom stereocenters. The molecule has 0 bridgehead atoms. The third-order valence-electron chi connectivity index (χ3n) is 2.96. The van der Waals surface area contributed by atoms with Crippen LogP contribution in [-0.2, 0) is 21.7 Å². The molecule has 0 spiro atoms. The van der Waals surface area contributed by atoms with Crippen molar-refractivity contribution in [1.29, 1.82) is 5.41 Å². The van der Waals surface area contributed by atoms with Crippen molar-refractivity contribution < 1.29 is 23.1 Å². The number of carbonyl (C=O) groups is 1. The van der Waals surface area contributed by atoms with E-state index in [1.54, 1.807) is 24.3 Å². The van der Waals surface area contributed by atoms with Crippen molar-refractivity contribution in [3.63, 3.8) is 0 Å². The summed E-state index contributed by atoms with van der Waals surface area (Å²) in [6.45, 7) is 0.495. The SMILES string of the molecule is N=C(N)CCCCOc1ccc(CC(N=S(=O)=O)C(=O)O)cc1. The molecule has 126 valence electrons. The van der Waals surface area contributed by atoms with Gasteiger partial charge >= 0.3 is 16.5 Å². The Morgan fingerprint density at radius 3 is 2.48 bits per heavy atom. The second kappa shape index (κ2) is 9.57. The minimum absolute atomic E-state index is 0.0117. The summed E-state index contributed by atoms with van der Waals surface area (Å²) in [4.78, 5) is 10.9. The lowest BCUT2D eigenvalue weighted by Gasteiger charge is -2.08. The molecule has 1 atom stereocenters. The van der Waals surface area contributed by atoms with E-state index in [2.05, 4.69) is 4.36 Å². The number of nitrogens with two attached hydrogens (primary N) is 1. The molecule has 8 nitrogen and oxygen atoms in total. The molecule has 0 aliphatic heterocycles. The van der Waals surface area contributed by atoms with Crippen molar-refractivity contribution in [3.8, 4) is 5.75 Å². The van der Waals surface area contributed by atoms with Gasteiger partial charge < -0.3 is 15.6 Å². The fourth-order valence-corrected chi connectivity index (χ4v) is 2.20. The van der Waals surface area contributed by atoms with E-state index in [4.69, 9.17) is 21.0 Å². The predicted molar refractivity (Wildman–Crippen MR) is 84.2 cm³/mol. The van der Waals surface area contributed by atoms with Gasteiger partial charge in [-0.2, -0.15) is 12.8 Å². The smallest absolute Gasteiger partial charge is 0.330 e. The number of aliphatic carboxylic acids is 1. The Balaban J connectivity index is 2.51. The fourth-order valence-electron chi connectivity index (χ4n) is 1.83. The molecule has 0 radical (unpaired) electrons. The number of hydrogen-bond donors (Lipinski definition) is 3. The Bertz CT molecular complexity index is 662. The van der Waals surface area contributed by atoms with Gasteiger partial charge in [-0.3, -0.25) is 5.41 Å². The molecule has 1 aromatic carbocycles. The number of benzene rings is 1. The summed E-state index contributed by atoms with van der Waals surface area (Å²) in [7, 11) is -2.76. The van der Waals surface area contributed by atoms with Crippen molar-refractivity contribution >= 4 is 22.3 Å². The lowest BCUT2D eigenvalue weighted by atomic mass is 10.1. The second-order valence-electron chi connectivity index (χ2n) is 4.86. The normalized spacial score (nSPS) is 11.5. The van der Waals surface area contributed by atoms with Gasteiger partial charge in [0, 0.05) is 12.8 Å².